The highest BCUT2D eigenvalue weighted by Gasteiger charge is 2.49. The van der Waals surface area contributed by atoms with Crippen LogP contribution in [0.3, 0.4) is 0 Å². The summed E-state index contributed by atoms with van der Waals surface area (Å²) >= 11 is 0. The van der Waals surface area contributed by atoms with Gasteiger partial charge < -0.3 is 25.0 Å². The minimum Gasteiger partial charge on any atom is -0.478 e. The van der Waals surface area contributed by atoms with Crippen LogP contribution < -0.4 is 10.8 Å². The van der Waals surface area contributed by atoms with Crippen molar-refractivity contribution in [2.24, 2.45) is 16.2 Å². The van der Waals surface area contributed by atoms with Gasteiger partial charge in [0.15, 0.2) is 0 Å². The lowest BCUT2D eigenvalue weighted by atomic mass is 9.76. The summed E-state index contributed by atoms with van der Waals surface area (Å²) in [6, 6.07) is 36.5. The molecule has 3 aliphatic heterocycles. The number of likely N-dealkylation sites (tertiary alicyclic amines) is 2. The van der Waals surface area contributed by atoms with Crippen molar-refractivity contribution >= 4 is 76.1 Å². The van der Waals surface area contributed by atoms with Crippen LogP contribution in [0.2, 0.25) is 0 Å². The lowest BCUT2D eigenvalue weighted by Gasteiger charge is -2.39. The number of carboxylic acids is 1. The standard InChI is InChI=1S/C21H22N2O3.C21H21NO3.C15H17NO3.3H2S/c24-19(22-26)16-7-8-17-12-21(13-18(17)11-16)9-4-10-23(20(21)25)14-15-5-2-1-3-6-15;23-19(24)16-7-8-17-12-21(13-18(17)11-16)9-4-10-22(20(21)25)14-15-5-2-1-3-6-15;1-19-13(17)10-3-4-11-8-15(9-12(11)7-10)5-2-6-16-14(15)18;;;/h1-3,5-8,11,26H,4,9-10,12-14H2,(H,22,24);1-3,5-8,11H,4,9-10,12-14H2,(H,23,24);3-4,7H,2,5-6,8-9H2,1H3,(H,16,18);3*1H2/t2*21-;15-;;;/m000.../s1. The number of carbonyl (C=O) groups is 6. The lowest BCUT2D eigenvalue weighted by Crippen LogP contribution is -2.48. The van der Waals surface area contributed by atoms with E-state index in [0.717, 1.165) is 123 Å². The number of nitrogens with zero attached hydrogens (tertiary/aromatic N) is 2. The SMILES string of the molecule is COC(=O)c1ccc2c(c1)C[C@]1(CCCNC1=O)C2.O=C(NO)c1ccc2c(c1)C[C@]1(CCCN(Cc3ccccc3)C1=O)C2.O=C(O)c1ccc2c(c1)C[C@]1(CCCN(Cc3ccccc3)C1=O)C2.S.S.S. The quantitative estimate of drug-likeness (QED) is 0.0718. The first-order valence-corrected chi connectivity index (χ1v) is 24.4. The Morgan fingerprint density at radius 1 is 0.562 bits per heavy atom. The maximum absolute atomic E-state index is 13.3. The van der Waals surface area contributed by atoms with E-state index in [0.29, 0.717) is 42.6 Å². The number of hydrogen-bond donors (Lipinski definition) is 4. The van der Waals surface area contributed by atoms with Crippen molar-refractivity contribution in [3.8, 4) is 0 Å². The molecule has 0 unspecified atom stereocenters. The number of rotatable bonds is 7. The third kappa shape index (κ3) is 11.8. The van der Waals surface area contributed by atoms with Crippen LogP contribution in [0.4, 0.5) is 0 Å². The van der Waals surface area contributed by atoms with Crippen LogP contribution in [0, 0.1) is 16.2 Å². The predicted octanol–water partition coefficient (Wildman–Crippen LogP) is 7.81. The molecule has 3 fully saturated rings. The molecule has 6 aliphatic rings. The van der Waals surface area contributed by atoms with Crippen molar-refractivity contribution in [1.29, 1.82) is 0 Å². The Morgan fingerprint density at radius 3 is 1.44 bits per heavy atom. The Balaban J connectivity index is 0.000000177. The molecule has 3 aliphatic carbocycles. The summed E-state index contributed by atoms with van der Waals surface area (Å²) in [5, 5.41) is 21.0. The number of carboxylic acid groups (broad SMARTS) is 1. The number of ether oxygens (including phenoxy) is 1. The van der Waals surface area contributed by atoms with Gasteiger partial charge in [0.25, 0.3) is 5.91 Å². The van der Waals surface area contributed by atoms with E-state index in [1.54, 1.807) is 35.8 Å². The smallest absolute Gasteiger partial charge is 0.337 e. The van der Waals surface area contributed by atoms with Gasteiger partial charge in [-0.15, -0.1) is 0 Å². The number of benzene rings is 5. The summed E-state index contributed by atoms with van der Waals surface area (Å²) < 4.78 is 4.74. The molecule has 3 saturated heterocycles. The maximum Gasteiger partial charge on any atom is 0.337 e. The third-order valence-corrected chi connectivity index (χ3v) is 15.5. The molecule has 16 heteroatoms. The van der Waals surface area contributed by atoms with Gasteiger partial charge in [-0.2, -0.15) is 40.5 Å². The van der Waals surface area contributed by atoms with E-state index in [9.17, 15) is 33.9 Å². The van der Waals surface area contributed by atoms with E-state index in [1.165, 1.54) is 12.7 Å². The Bertz CT molecular complexity index is 2850. The minimum absolute atomic E-state index is 0. The molecule has 0 radical (unpaired) electrons. The highest BCUT2D eigenvalue weighted by molar-refractivity contribution is 7.59. The molecule has 386 valence electrons. The van der Waals surface area contributed by atoms with Crippen LogP contribution in [0.1, 0.15) is 114 Å². The number of aromatic carboxylic acids is 1. The Hall–Kier alpha value is -6.07. The molecule has 11 rings (SSSR count). The first-order chi connectivity index (χ1) is 33.8. The number of carbonyl (C=O) groups excluding carboxylic acids is 5. The van der Waals surface area contributed by atoms with Gasteiger partial charge in [0.2, 0.25) is 17.7 Å². The van der Waals surface area contributed by atoms with Crippen molar-refractivity contribution in [3.05, 3.63) is 176 Å². The number of fused-ring (bicyclic) bond motifs is 3. The van der Waals surface area contributed by atoms with Gasteiger partial charge in [0, 0.05) is 38.3 Å². The number of amides is 4. The van der Waals surface area contributed by atoms with Gasteiger partial charge >= 0.3 is 11.9 Å². The van der Waals surface area contributed by atoms with Crippen molar-refractivity contribution < 1.29 is 43.8 Å². The molecule has 3 heterocycles. The van der Waals surface area contributed by atoms with E-state index >= 15 is 0 Å². The number of nitrogens with one attached hydrogen (secondary N) is 2. The molecule has 3 atom stereocenters. The van der Waals surface area contributed by atoms with Crippen LogP contribution in [-0.2, 0) is 70.7 Å². The minimum atomic E-state index is -0.913. The van der Waals surface area contributed by atoms with E-state index in [-0.39, 0.29) is 80.4 Å². The second-order valence-electron chi connectivity index (χ2n) is 20.1. The molecular weight excluding hydrogens is 981 g/mol. The monoisotopic (exact) mass is 1050 g/mol. The van der Waals surface area contributed by atoms with Crippen LogP contribution in [0.5, 0.6) is 0 Å². The Morgan fingerprint density at radius 2 is 0.973 bits per heavy atom. The number of hydrogen-bond acceptors (Lipinski definition) is 8. The zero-order valence-electron chi connectivity index (χ0n) is 41.1. The summed E-state index contributed by atoms with van der Waals surface area (Å²) in [6.45, 7) is 3.68. The fourth-order valence-corrected chi connectivity index (χ4v) is 12.0. The second kappa shape index (κ2) is 23.9. The lowest BCUT2D eigenvalue weighted by molar-refractivity contribution is -0.147. The first kappa shape index (κ1) is 56.2. The summed E-state index contributed by atoms with van der Waals surface area (Å²) in [6.07, 6.45) is 10.0. The highest BCUT2D eigenvalue weighted by Crippen LogP contribution is 2.47. The Kier molecular flexibility index (Phi) is 18.4. The van der Waals surface area contributed by atoms with Gasteiger partial charge in [-0.1, -0.05) is 78.9 Å². The molecule has 0 aromatic heterocycles. The summed E-state index contributed by atoms with van der Waals surface area (Å²) in [5.74, 6) is -1.15. The number of piperidine rings is 3. The van der Waals surface area contributed by atoms with Gasteiger partial charge in [-0.25, -0.2) is 15.1 Å². The topological polar surface area (TPSA) is 183 Å². The van der Waals surface area contributed by atoms with E-state index in [2.05, 4.69) is 29.6 Å². The van der Waals surface area contributed by atoms with Gasteiger partial charge in [-0.05, 0) is 158 Å². The molecule has 13 nitrogen and oxygen atoms in total. The molecule has 4 amide bonds. The molecular formula is C57H66N4O9S3. The molecule has 0 saturated carbocycles. The summed E-state index contributed by atoms with van der Waals surface area (Å²) in [5.41, 5.74) is 10.8. The molecule has 5 aromatic carbocycles. The van der Waals surface area contributed by atoms with Crippen LogP contribution in [-0.4, -0.2) is 82.4 Å². The largest absolute Gasteiger partial charge is 0.478 e. The second-order valence-corrected chi connectivity index (χ2v) is 20.1. The zero-order chi connectivity index (χ0) is 49.0. The highest BCUT2D eigenvalue weighted by atomic mass is 32.1. The van der Waals surface area contributed by atoms with Crippen LogP contribution in [0.25, 0.3) is 0 Å². The fourth-order valence-electron chi connectivity index (χ4n) is 12.0. The van der Waals surface area contributed by atoms with Gasteiger partial charge in [0.1, 0.15) is 0 Å². The van der Waals surface area contributed by atoms with Crippen molar-refractivity contribution in [3.63, 3.8) is 0 Å². The molecule has 3 spiro atoms. The van der Waals surface area contributed by atoms with Gasteiger partial charge in [0.05, 0.1) is 34.5 Å². The zero-order valence-corrected chi connectivity index (χ0v) is 44.1. The van der Waals surface area contributed by atoms with E-state index in [1.807, 2.05) is 70.5 Å². The van der Waals surface area contributed by atoms with Crippen LogP contribution >= 0.6 is 40.5 Å². The van der Waals surface area contributed by atoms with Crippen molar-refractivity contribution in [1.82, 2.24) is 20.6 Å². The average Bonchev–Trinajstić information content (AvgIpc) is 4.07. The molecule has 4 N–H and O–H groups in total. The Labute approximate surface area is 447 Å². The van der Waals surface area contributed by atoms with Gasteiger partial charge in [-0.3, -0.25) is 24.4 Å². The van der Waals surface area contributed by atoms with Crippen molar-refractivity contribution in [2.45, 2.75) is 90.1 Å². The normalized spacial score (nSPS) is 21.9. The number of esters is 1. The number of hydroxylamine groups is 1. The van der Waals surface area contributed by atoms with Crippen LogP contribution in [0.15, 0.2) is 115 Å². The summed E-state index contributed by atoms with van der Waals surface area (Å²) in [4.78, 5) is 77.1. The first-order valence-electron chi connectivity index (χ1n) is 24.4. The molecule has 0 bridgehead atoms. The third-order valence-electron chi connectivity index (χ3n) is 15.5. The summed E-state index contributed by atoms with van der Waals surface area (Å²) in [7, 11) is 1.38. The average molecular weight is 1050 g/mol. The molecule has 73 heavy (non-hydrogen) atoms. The fraction of sp³-hybridized carbons (Fsp3) is 0.368. The predicted molar refractivity (Wildman–Crippen MR) is 292 cm³/mol. The van der Waals surface area contributed by atoms with Crippen molar-refractivity contribution in [2.75, 3.05) is 26.7 Å². The molecule has 5 aromatic rings. The maximum atomic E-state index is 13.3. The van der Waals surface area contributed by atoms with E-state index in [4.69, 9.17) is 9.94 Å². The number of methoxy groups -OCH3 is 1. The van der Waals surface area contributed by atoms with E-state index < -0.39 is 11.9 Å².